The van der Waals surface area contributed by atoms with E-state index < -0.39 is 8.32 Å². The fourth-order valence-corrected chi connectivity index (χ4v) is 10.3. The number of benzene rings is 3. The number of carbonyl (C=O) groups excluding carboxylic acids is 1. The number of ether oxygens (including phenoxy) is 1. The molecule has 0 saturated carbocycles. The van der Waals surface area contributed by atoms with Crippen molar-refractivity contribution in [3.05, 3.63) is 96.6 Å². The van der Waals surface area contributed by atoms with Crippen LogP contribution in [0.1, 0.15) is 52.5 Å². The normalized spacial score (nSPS) is 19.3. The third-order valence-corrected chi connectivity index (χ3v) is 12.7. The van der Waals surface area contributed by atoms with Gasteiger partial charge in [-0.1, -0.05) is 112 Å². The summed E-state index contributed by atoms with van der Waals surface area (Å²) in [6.07, 6.45) is 2.19. The lowest BCUT2D eigenvalue weighted by molar-refractivity contribution is -0.126. The second-order valence-corrected chi connectivity index (χ2v) is 15.5. The van der Waals surface area contributed by atoms with Crippen LogP contribution in [0.2, 0.25) is 5.04 Å². The molecule has 1 aliphatic rings. The molecule has 3 atom stereocenters. The lowest BCUT2D eigenvalue weighted by Crippen LogP contribution is -2.66. The van der Waals surface area contributed by atoms with Gasteiger partial charge in [0.15, 0.2) is 0 Å². The molecule has 1 amide bonds. The quantitative estimate of drug-likeness (QED) is 0.365. The molecule has 3 aromatic rings. The minimum atomic E-state index is -2.60. The van der Waals surface area contributed by atoms with Crippen LogP contribution in [0.25, 0.3) is 0 Å². The van der Waals surface area contributed by atoms with Gasteiger partial charge in [-0.15, -0.1) is 0 Å². The molecule has 0 aliphatic carbocycles. The van der Waals surface area contributed by atoms with Crippen LogP contribution >= 0.6 is 0 Å². The molecular formula is C32H41NO3Si. The monoisotopic (exact) mass is 515 g/mol. The molecule has 0 unspecified atom stereocenters. The first-order chi connectivity index (χ1) is 17.8. The van der Waals surface area contributed by atoms with Crippen LogP contribution < -0.4 is 15.7 Å². The molecule has 0 spiro atoms. The van der Waals surface area contributed by atoms with Crippen LogP contribution in [0.4, 0.5) is 0 Å². The molecule has 4 rings (SSSR count). The molecule has 37 heavy (non-hydrogen) atoms. The van der Waals surface area contributed by atoms with Crippen LogP contribution in [0.15, 0.2) is 91.0 Å². The van der Waals surface area contributed by atoms with E-state index >= 15 is 0 Å². The first kappa shape index (κ1) is 27.3. The Kier molecular flexibility index (Phi) is 9.01. The van der Waals surface area contributed by atoms with Crippen molar-refractivity contribution in [2.75, 3.05) is 6.61 Å². The van der Waals surface area contributed by atoms with Crippen LogP contribution in [0.5, 0.6) is 0 Å². The van der Waals surface area contributed by atoms with Crippen LogP contribution in [0.3, 0.4) is 0 Å². The maximum atomic E-state index is 12.4. The highest BCUT2D eigenvalue weighted by molar-refractivity contribution is 6.99. The van der Waals surface area contributed by atoms with Gasteiger partial charge in [-0.2, -0.15) is 0 Å². The number of nitrogens with one attached hydrogen (secondary N) is 1. The van der Waals surface area contributed by atoms with E-state index in [1.165, 1.54) is 15.9 Å². The molecule has 4 nitrogen and oxygen atoms in total. The summed E-state index contributed by atoms with van der Waals surface area (Å²) in [4.78, 5) is 12.4. The Hall–Kier alpha value is -2.73. The van der Waals surface area contributed by atoms with E-state index in [0.717, 1.165) is 12.8 Å². The average molecular weight is 516 g/mol. The first-order valence-electron chi connectivity index (χ1n) is 13.5. The Balaban J connectivity index is 1.52. The fraction of sp³-hybridized carbons (Fsp3) is 0.406. The van der Waals surface area contributed by atoms with Crippen LogP contribution in [0, 0.1) is 5.92 Å². The van der Waals surface area contributed by atoms with E-state index in [0.29, 0.717) is 19.6 Å². The molecule has 1 aliphatic heterocycles. The predicted molar refractivity (Wildman–Crippen MR) is 154 cm³/mol. The van der Waals surface area contributed by atoms with Gasteiger partial charge < -0.3 is 14.5 Å². The van der Waals surface area contributed by atoms with E-state index in [-0.39, 0.29) is 29.0 Å². The second kappa shape index (κ2) is 12.2. The third-order valence-electron chi connectivity index (χ3n) is 7.69. The summed E-state index contributed by atoms with van der Waals surface area (Å²) in [5.74, 6) is 0.381. The van der Waals surface area contributed by atoms with Gasteiger partial charge in [-0.05, 0) is 40.7 Å². The Labute approximate surface area is 223 Å². The highest BCUT2D eigenvalue weighted by Crippen LogP contribution is 2.37. The molecule has 5 heteroatoms. The summed E-state index contributed by atoms with van der Waals surface area (Å²) < 4.78 is 13.4. The number of carbonyl (C=O) groups is 1. The van der Waals surface area contributed by atoms with Gasteiger partial charge in [0, 0.05) is 25.0 Å². The van der Waals surface area contributed by atoms with Crippen molar-refractivity contribution in [1.29, 1.82) is 0 Å². The summed E-state index contributed by atoms with van der Waals surface area (Å²) >= 11 is 0. The summed E-state index contributed by atoms with van der Waals surface area (Å²) in [7, 11) is -2.60. The van der Waals surface area contributed by atoms with Gasteiger partial charge in [0.2, 0.25) is 5.91 Å². The minimum Gasteiger partial charge on any atom is -0.407 e. The van der Waals surface area contributed by atoms with Gasteiger partial charge >= 0.3 is 0 Å². The summed E-state index contributed by atoms with van der Waals surface area (Å²) in [5.41, 5.74) is 1.17. The van der Waals surface area contributed by atoms with Crippen molar-refractivity contribution in [1.82, 2.24) is 5.32 Å². The zero-order chi connectivity index (χ0) is 26.3. The topological polar surface area (TPSA) is 47.6 Å². The molecular weight excluding hydrogens is 474 g/mol. The third kappa shape index (κ3) is 6.40. The number of hydrogen-bond acceptors (Lipinski definition) is 3. The van der Waals surface area contributed by atoms with Crippen LogP contribution in [-0.4, -0.2) is 33.0 Å². The van der Waals surface area contributed by atoms with E-state index in [4.69, 9.17) is 9.16 Å². The van der Waals surface area contributed by atoms with Crippen molar-refractivity contribution < 1.29 is 14.0 Å². The summed E-state index contributed by atoms with van der Waals surface area (Å²) in [5, 5.41) is 5.75. The van der Waals surface area contributed by atoms with E-state index in [1.807, 2.05) is 18.2 Å². The lowest BCUT2D eigenvalue weighted by Gasteiger charge is -2.44. The Bertz CT molecular complexity index is 1080. The van der Waals surface area contributed by atoms with Gasteiger partial charge in [0.05, 0.1) is 12.7 Å². The van der Waals surface area contributed by atoms with Crippen molar-refractivity contribution >= 4 is 24.6 Å². The molecule has 1 fully saturated rings. The Morgan fingerprint density at radius 2 is 1.43 bits per heavy atom. The van der Waals surface area contributed by atoms with E-state index in [2.05, 4.69) is 106 Å². The summed E-state index contributed by atoms with van der Waals surface area (Å²) in [6, 6.07) is 31.7. The SMILES string of the molecule is C[C@@H](OCc1ccccc1)[C@H]1CCC(=O)N[C@@H]1CCO[Si](c1ccccc1)(c1ccccc1)C(C)(C)C. The molecule has 1 N–H and O–H groups in total. The van der Waals surface area contributed by atoms with Crippen molar-refractivity contribution in [2.45, 2.75) is 70.7 Å². The Morgan fingerprint density at radius 3 is 1.97 bits per heavy atom. The van der Waals surface area contributed by atoms with Crippen molar-refractivity contribution in [3.63, 3.8) is 0 Å². The average Bonchev–Trinajstić information content (AvgIpc) is 2.91. The van der Waals surface area contributed by atoms with Crippen molar-refractivity contribution in [3.8, 4) is 0 Å². The highest BCUT2D eigenvalue weighted by Gasteiger charge is 2.50. The van der Waals surface area contributed by atoms with Gasteiger partial charge in [0.25, 0.3) is 8.32 Å². The largest absolute Gasteiger partial charge is 0.407 e. The number of piperidine rings is 1. The maximum absolute atomic E-state index is 12.4. The molecule has 0 bridgehead atoms. The standard InChI is InChI=1S/C32H41NO3Si/c1-25(35-24-26-14-8-5-9-15-26)29-20-21-31(34)33-30(29)22-23-36-37(32(2,3)4,27-16-10-6-11-17-27)28-18-12-7-13-19-28/h5-19,25,29-30H,20-24H2,1-4H3,(H,33,34)/t25-,29-,30-/m1/s1. The zero-order valence-corrected chi connectivity index (χ0v) is 23.7. The van der Waals surface area contributed by atoms with Gasteiger partial charge in [-0.25, -0.2) is 0 Å². The molecule has 0 radical (unpaired) electrons. The summed E-state index contributed by atoms with van der Waals surface area (Å²) in [6.45, 7) is 10.2. The number of amides is 1. The number of hydrogen-bond donors (Lipinski definition) is 1. The minimum absolute atomic E-state index is 0.0326. The Morgan fingerprint density at radius 1 is 0.892 bits per heavy atom. The molecule has 0 aromatic heterocycles. The second-order valence-electron chi connectivity index (χ2n) is 11.2. The smallest absolute Gasteiger partial charge is 0.261 e. The fourth-order valence-electron chi connectivity index (χ4n) is 5.76. The first-order valence-corrected chi connectivity index (χ1v) is 15.4. The maximum Gasteiger partial charge on any atom is 0.261 e. The zero-order valence-electron chi connectivity index (χ0n) is 22.7. The van der Waals surface area contributed by atoms with E-state index in [9.17, 15) is 4.79 Å². The predicted octanol–water partition coefficient (Wildman–Crippen LogP) is 5.45. The highest BCUT2D eigenvalue weighted by atomic mass is 28.4. The van der Waals surface area contributed by atoms with Crippen LogP contribution in [-0.2, 0) is 20.6 Å². The molecule has 3 aromatic carbocycles. The molecule has 196 valence electrons. The van der Waals surface area contributed by atoms with E-state index in [1.54, 1.807) is 0 Å². The van der Waals surface area contributed by atoms with Crippen molar-refractivity contribution in [2.24, 2.45) is 5.92 Å². The molecule has 1 saturated heterocycles. The van der Waals surface area contributed by atoms with Gasteiger partial charge in [0.1, 0.15) is 0 Å². The number of rotatable bonds is 10. The lowest BCUT2D eigenvalue weighted by atomic mass is 9.85. The van der Waals surface area contributed by atoms with Gasteiger partial charge in [-0.3, -0.25) is 4.79 Å². The molecule has 1 heterocycles.